The van der Waals surface area contributed by atoms with E-state index in [1.807, 2.05) is 18.2 Å². The fraction of sp³-hybridized carbons (Fsp3) is 0.471. The highest BCUT2D eigenvalue weighted by molar-refractivity contribution is 5.85. The third-order valence-electron chi connectivity index (χ3n) is 4.68. The van der Waals surface area contributed by atoms with Gasteiger partial charge in [-0.15, -0.1) is 0 Å². The van der Waals surface area contributed by atoms with Gasteiger partial charge in [0.1, 0.15) is 6.54 Å². The van der Waals surface area contributed by atoms with Gasteiger partial charge in [0.2, 0.25) is 5.91 Å². The molecule has 0 aromatic heterocycles. The molecule has 1 saturated heterocycles. The van der Waals surface area contributed by atoms with E-state index >= 15 is 0 Å². The Morgan fingerprint density at radius 3 is 3.05 bits per heavy atom. The summed E-state index contributed by atoms with van der Waals surface area (Å²) >= 11 is 0. The molecule has 2 aliphatic rings. The average molecular weight is 298 g/mol. The molecule has 1 aliphatic carbocycles. The van der Waals surface area contributed by atoms with E-state index in [9.17, 15) is 14.9 Å². The monoisotopic (exact) mass is 298 g/mol. The molecule has 0 saturated carbocycles. The van der Waals surface area contributed by atoms with E-state index in [0.29, 0.717) is 25.1 Å². The van der Waals surface area contributed by atoms with Gasteiger partial charge in [-0.3, -0.25) is 9.59 Å². The number of hydrogen-bond donors (Lipinski definition) is 0. The average Bonchev–Trinajstić information content (AvgIpc) is 3.01. The van der Waals surface area contributed by atoms with Crippen LogP contribution in [0.3, 0.4) is 0 Å². The number of nitriles is 1. The van der Waals surface area contributed by atoms with Crippen molar-refractivity contribution in [2.24, 2.45) is 0 Å². The molecule has 3 rings (SSSR count). The van der Waals surface area contributed by atoms with Crippen molar-refractivity contribution in [1.29, 1.82) is 5.26 Å². The zero-order valence-electron chi connectivity index (χ0n) is 12.6. The molecule has 1 fully saturated rings. The minimum absolute atomic E-state index is 0.0109. The van der Waals surface area contributed by atoms with Gasteiger partial charge in [-0.25, -0.2) is 0 Å². The number of benzene rings is 1. The van der Waals surface area contributed by atoms with Crippen LogP contribution < -0.4 is 0 Å². The molecular weight excluding hydrogens is 280 g/mol. The van der Waals surface area contributed by atoms with Crippen molar-refractivity contribution in [3.8, 4) is 6.07 Å². The first-order valence-electron chi connectivity index (χ1n) is 7.55. The summed E-state index contributed by atoms with van der Waals surface area (Å²) in [7, 11) is 0. The maximum Gasteiger partial charge on any atom is 0.325 e. The lowest BCUT2D eigenvalue weighted by Crippen LogP contribution is -2.34. The Morgan fingerprint density at radius 1 is 1.50 bits per heavy atom. The van der Waals surface area contributed by atoms with E-state index in [1.54, 1.807) is 11.8 Å². The summed E-state index contributed by atoms with van der Waals surface area (Å²) in [5, 5.41) is 9.23. The quantitative estimate of drug-likeness (QED) is 0.794. The van der Waals surface area contributed by atoms with E-state index in [0.717, 1.165) is 24.0 Å². The second-order valence-corrected chi connectivity index (χ2v) is 5.96. The Labute approximate surface area is 129 Å². The number of carbonyl (C=O) groups excluding carboxylic acids is 2. The lowest BCUT2D eigenvalue weighted by atomic mass is 9.81. The zero-order valence-corrected chi connectivity index (χ0v) is 12.6. The Bertz CT molecular complexity index is 677. The van der Waals surface area contributed by atoms with Crippen LogP contribution in [0.15, 0.2) is 18.2 Å². The van der Waals surface area contributed by atoms with Crippen LogP contribution in [0.25, 0.3) is 0 Å². The molecule has 1 unspecified atom stereocenters. The van der Waals surface area contributed by atoms with Crippen LogP contribution in [-0.2, 0) is 26.2 Å². The van der Waals surface area contributed by atoms with Crippen molar-refractivity contribution in [2.75, 3.05) is 19.7 Å². The molecule has 0 bridgehead atoms. The van der Waals surface area contributed by atoms with E-state index in [2.05, 4.69) is 6.07 Å². The largest absolute Gasteiger partial charge is 0.465 e. The summed E-state index contributed by atoms with van der Waals surface area (Å²) in [5.74, 6) is -0.375. The Kier molecular flexibility index (Phi) is 3.61. The summed E-state index contributed by atoms with van der Waals surface area (Å²) < 4.78 is 4.93. The number of hydrogen-bond acceptors (Lipinski definition) is 4. The highest BCUT2D eigenvalue weighted by atomic mass is 16.5. The highest BCUT2D eigenvalue weighted by Gasteiger charge is 2.48. The van der Waals surface area contributed by atoms with Gasteiger partial charge in [0.25, 0.3) is 0 Å². The van der Waals surface area contributed by atoms with Gasteiger partial charge < -0.3 is 9.64 Å². The number of fused-ring (bicyclic) bond motifs is 2. The van der Waals surface area contributed by atoms with Crippen molar-refractivity contribution in [3.05, 3.63) is 34.9 Å². The van der Waals surface area contributed by atoms with Crippen molar-refractivity contribution >= 4 is 11.9 Å². The number of likely N-dealkylation sites (tertiary alicyclic amines) is 1. The van der Waals surface area contributed by atoms with Crippen LogP contribution in [0.4, 0.5) is 0 Å². The minimum Gasteiger partial charge on any atom is -0.465 e. The zero-order chi connectivity index (χ0) is 15.7. The Morgan fingerprint density at radius 2 is 2.32 bits per heavy atom. The second kappa shape index (κ2) is 5.45. The molecule has 0 radical (unpaired) electrons. The summed E-state index contributed by atoms with van der Waals surface area (Å²) in [5.41, 5.74) is 2.62. The first-order chi connectivity index (χ1) is 10.6. The summed E-state index contributed by atoms with van der Waals surface area (Å²) in [6, 6.07) is 7.95. The predicted octanol–water partition coefficient (Wildman–Crippen LogP) is 1.54. The molecule has 1 aliphatic heterocycles. The number of carbonyl (C=O) groups is 2. The molecule has 1 aromatic carbocycles. The molecule has 5 nitrogen and oxygen atoms in total. The van der Waals surface area contributed by atoms with Gasteiger partial charge in [0, 0.05) is 18.4 Å². The number of nitrogens with zero attached hydrogens (tertiary/aromatic N) is 2. The maximum absolute atomic E-state index is 12.3. The second-order valence-electron chi connectivity index (χ2n) is 5.96. The topological polar surface area (TPSA) is 70.4 Å². The van der Waals surface area contributed by atoms with Crippen LogP contribution in [0.2, 0.25) is 0 Å². The Hall–Kier alpha value is -2.35. The normalized spacial score (nSPS) is 22.7. The van der Waals surface area contributed by atoms with Crippen LogP contribution in [0, 0.1) is 11.3 Å². The summed E-state index contributed by atoms with van der Waals surface area (Å²) in [6.07, 6.45) is 2.08. The highest BCUT2D eigenvalue weighted by Crippen LogP contribution is 2.46. The number of rotatable bonds is 3. The fourth-order valence-electron chi connectivity index (χ4n) is 3.72. The third kappa shape index (κ3) is 2.25. The Balaban J connectivity index is 1.85. The van der Waals surface area contributed by atoms with Gasteiger partial charge in [-0.05, 0) is 37.0 Å². The van der Waals surface area contributed by atoms with Crippen LogP contribution in [0.1, 0.15) is 36.5 Å². The van der Waals surface area contributed by atoms with E-state index in [-0.39, 0.29) is 23.8 Å². The summed E-state index contributed by atoms with van der Waals surface area (Å²) in [6.45, 7) is 2.62. The minimum atomic E-state index is -0.364. The van der Waals surface area contributed by atoms with E-state index in [1.165, 1.54) is 0 Å². The molecular formula is C17H18N2O3. The van der Waals surface area contributed by atoms with Crippen LogP contribution >= 0.6 is 0 Å². The fourth-order valence-corrected chi connectivity index (χ4v) is 3.72. The van der Waals surface area contributed by atoms with Crippen LogP contribution in [-0.4, -0.2) is 36.5 Å². The van der Waals surface area contributed by atoms with Crippen LogP contribution in [0.5, 0.6) is 0 Å². The van der Waals surface area contributed by atoms with Crippen molar-refractivity contribution in [1.82, 2.24) is 4.90 Å². The predicted molar refractivity (Wildman–Crippen MR) is 79.0 cm³/mol. The molecule has 22 heavy (non-hydrogen) atoms. The van der Waals surface area contributed by atoms with Gasteiger partial charge >= 0.3 is 5.97 Å². The number of amides is 1. The lowest BCUT2D eigenvalue weighted by Gasteiger charge is -2.24. The van der Waals surface area contributed by atoms with Gasteiger partial charge in [0.15, 0.2) is 0 Å². The molecule has 0 N–H and O–H groups in total. The number of esters is 1. The molecule has 5 heteroatoms. The van der Waals surface area contributed by atoms with Gasteiger partial charge in [0.05, 0.1) is 18.2 Å². The van der Waals surface area contributed by atoms with Crippen molar-refractivity contribution in [3.63, 3.8) is 0 Å². The molecule has 1 atom stereocenters. The molecule has 1 amide bonds. The van der Waals surface area contributed by atoms with Crippen molar-refractivity contribution < 1.29 is 14.3 Å². The molecule has 1 aromatic rings. The van der Waals surface area contributed by atoms with E-state index in [4.69, 9.17) is 4.74 Å². The lowest BCUT2D eigenvalue weighted by molar-refractivity contribution is -0.147. The first kappa shape index (κ1) is 14.6. The number of ether oxygens (including phenoxy) is 1. The van der Waals surface area contributed by atoms with Gasteiger partial charge in [-0.1, -0.05) is 12.1 Å². The first-order valence-corrected chi connectivity index (χ1v) is 7.55. The standard InChI is InChI=1S/C17H18N2O3/c1-2-22-16(21)10-19-11-17(8-15(19)20)7-6-13-12(9-18)4-3-5-14(13)17/h3-5H,2,6-8,10-11H2,1H3. The molecule has 1 spiro atoms. The molecule has 1 heterocycles. The smallest absolute Gasteiger partial charge is 0.325 e. The van der Waals surface area contributed by atoms with E-state index < -0.39 is 0 Å². The summed E-state index contributed by atoms with van der Waals surface area (Å²) in [4.78, 5) is 25.5. The SMILES string of the molecule is CCOC(=O)CN1CC2(CCc3c(C#N)cccc32)CC1=O. The van der Waals surface area contributed by atoms with Crippen molar-refractivity contribution in [2.45, 2.75) is 31.6 Å². The molecule has 114 valence electrons. The third-order valence-corrected chi connectivity index (χ3v) is 4.68. The van der Waals surface area contributed by atoms with Gasteiger partial charge in [-0.2, -0.15) is 5.26 Å². The maximum atomic E-state index is 12.3.